The van der Waals surface area contributed by atoms with E-state index >= 15 is 0 Å². The minimum atomic E-state index is 0.494. The minimum Gasteiger partial charge on any atom is -0.378 e. The molecule has 0 amide bonds. The minimum absolute atomic E-state index is 0.494. The molecule has 1 saturated heterocycles. The third-order valence-corrected chi connectivity index (χ3v) is 3.38. The molecule has 90 valence electrons. The van der Waals surface area contributed by atoms with E-state index in [0.29, 0.717) is 12.1 Å². The number of nitrogens with one attached hydrogen (secondary N) is 1. The molecule has 3 atom stereocenters. The molecule has 0 radical (unpaired) electrons. The van der Waals surface area contributed by atoms with E-state index in [0.717, 1.165) is 19.1 Å². The lowest BCUT2D eigenvalue weighted by Crippen LogP contribution is -2.41. The third-order valence-electron chi connectivity index (χ3n) is 3.38. The van der Waals surface area contributed by atoms with Gasteiger partial charge in [-0.3, -0.25) is 0 Å². The average molecular weight is 213 g/mol. The van der Waals surface area contributed by atoms with E-state index in [1.807, 2.05) is 0 Å². The fraction of sp³-hybridized carbons (Fsp3) is 1.00. The molecule has 3 unspecified atom stereocenters. The highest BCUT2D eigenvalue weighted by Crippen LogP contribution is 2.23. The van der Waals surface area contributed by atoms with Crippen LogP contribution >= 0.6 is 0 Å². The highest BCUT2D eigenvalue weighted by molar-refractivity contribution is 4.79. The number of hydrogen-bond donors (Lipinski definition) is 1. The van der Waals surface area contributed by atoms with E-state index in [2.05, 4.69) is 26.1 Å². The molecule has 15 heavy (non-hydrogen) atoms. The fourth-order valence-corrected chi connectivity index (χ4v) is 2.40. The zero-order valence-electron chi connectivity index (χ0n) is 10.6. The average Bonchev–Trinajstić information content (AvgIpc) is 2.27. The smallest absolute Gasteiger partial charge is 0.0615 e. The predicted molar refractivity (Wildman–Crippen MR) is 65.1 cm³/mol. The van der Waals surface area contributed by atoms with Crippen molar-refractivity contribution in [1.29, 1.82) is 0 Å². The van der Waals surface area contributed by atoms with Gasteiger partial charge < -0.3 is 10.1 Å². The molecule has 0 aromatic heterocycles. The number of rotatable bonds is 6. The Kier molecular flexibility index (Phi) is 6.26. The van der Waals surface area contributed by atoms with Crippen LogP contribution in [-0.2, 0) is 4.74 Å². The van der Waals surface area contributed by atoms with E-state index in [9.17, 15) is 0 Å². The standard InChI is InChI=1S/C13H27NO/c1-4-6-11(3)13-10-12(7-9-15-13)14-8-5-2/h11-14H,4-10H2,1-3H3. The maximum absolute atomic E-state index is 5.86. The lowest BCUT2D eigenvalue weighted by atomic mass is 9.91. The zero-order valence-corrected chi connectivity index (χ0v) is 10.6. The van der Waals surface area contributed by atoms with Crippen molar-refractivity contribution in [3.63, 3.8) is 0 Å². The Morgan fingerprint density at radius 3 is 2.80 bits per heavy atom. The third kappa shape index (κ3) is 4.52. The van der Waals surface area contributed by atoms with Crippen molar-refractivity contribution in [2.45, 2.75) is 65.0 Å². The van der Waals surface area contributed by atoms with Crippen molar-refractivity contribution in [1.82, 2.24) is 5.32 Å². The molecule has 0 bridgehead atoms. The SMILES string of the molecule is CCCNC1CCOC(C(C)CCC)C1. The Hall–Kier alpha value is -0.0800. The quantitative estimate of drug-likeness (QED) is 0.732. The molecule has 0 spiro atoms. The lowest BCUT2D eigenvalue weighted by Gasteiger charge is -2.33. The van der Waals surface area contributed by atoms with Crippen molar-refractivity contribution in [3.05, 3.63) is 0 Å². The first-order chi connectivity index (χ1) is 7.27. The molecule has 1 heterocycles. The van der Waals surface area contributed by atoms with Gasteiger partial charge in [0.1, 0.15) is 0 Å². The van der Waals surface area contributed by atoms with Crippen LogP contribution in [0.5, 0.6) is 0 Å². The Balaban J connectivity index is 2.28. The molecule has 0 aromatic rings. The van der Waals surface area contributed by atoms with Gasteiger partial charge in [-0.15, -0.1) is 0 Å². The van der Waals surface area contributed by atoms with E-state index in [4.69, 9.17) is 4.74 Å². The summed E-state index contributed by atoms with van der Waals surface area (Å²) in [5.74, 6) is 0.723. The summed E-state index contributed by atoms with van der Waals surface area (Å²) in [5, 5.41) is 3.62. The van der Waals surface area contributed by atoms with Crippen LogP contribution in [0.15, 0.2) is 0 Å². The van der Waals surface area contributed by atoms with Crippen molar-refractivity contribution >= 4 is 0 Å². The van der Waals surface area contributed by atoms with E-state index in [1.165, 1.54) is 32.1 Å². The molecule has 1 N–H and O–H groups in total. The van der Waals surface area contributed by atoms with Gasteiger partial charge in [0.2, 0.25) is 0 Å². The van der Waals surface area contributed by atoms with E-state index in [1.54, 1.807) is 0 Å². The second kappa shape index (κ2) is 7.24. The molecule has 2 heteroatoms. The zero-order chi connectivity index (χ0) is 11.1. The summed E-state index contributed by atoms with van der Waals surface area (Å²) in [5.41, 5.74) is 0. The first-order valence-corrected chi connectivity index (χ1v) is 6.62. The maximum atomic E-state index is 5.86. The first-order valence-electron chi connectivity index (χ1n) is 6.62. The molecule has 1 aliphatic heterocycles. The Bertz CT molecular complexity index is 161. The molecule has 1 fully saturated rings. The van der Waals surface area contributed by atoms with Crippen molar-refractivity contribution in [2.24, 2.45) is 5.92 Å². The van der Waals surface area contributed by atoms with Gasteiger partial charge in [0.15, 0.2) is 0 Å². The number of ether oxygens (including phenoxy) is 1. The molecular weight excluding hydrogens is 186 g/mol. The summed E-state index contributed by atoms with van der Waals surface area (Å²) in [6.07, 6.45) is 6.69. The highest BCUT2D eigenvalue weighted by Gasteiger charge is 2.25. The fourth-order valence-electron chi connectivity index (χ4n) is 2.40. The molecule has 2 nitrogen and oxygen atoms in total. The summed E-state index contributed by atoms with van der Waals surface area (Å²) in [6.45, 7) is 8.91. The molecule has 0 aliphatic carbocycles. The summed E-state index contributed by atoms with van der Waals surface area (Å²) in [4.78, 5) is 0. The highest BCUT2D eigenvalue weighted by atomic mass is 16.5. The summed E-state index contributed by atoms with van der Waals surface area (Å²) < 4.78 is 5.86. The second-order valence-electron chi connectivity index (χ2n) is 4.85. The van der Waals surface area contributed by atoms with Crippen LogP contribution in [0.4, 0.5) is 0 Å². The van der Waals surface area contributed by atoms with Gasteiger partial charge in [0, 0.05) is 12.6 Å². The lowest BCUT2D eigenvalue weighted by molar-refractivity contribution is -0.0304. The van der Waals surface area contributed by atoms with Gasteiger partial charge in [-0.25, -0.2) is 0 Å². The van der Waals surface area contributed by atoms with Crippen LogP contribution in [0.1, 0.15) is 52.9 Å². The monoisotopic (exact) mass is 213 g/mol. The van der Waals surface area contributed by atoms with Crippen molar-refractivity contribution in [3.8, 4) is 0 Å². The Labute approximate surface area is 94.8 Å². The molecule has 0 saturated carbocycles. The largest absolute Gasteiger partial charge is 0.378 e. The predicted octanol–water partition coefficient (Wildman–Crippen LogP) is 2.97. The summed E-state index contributed by atoms with van der Waals surface area (Å²) in [6, 6.07) is 0.697. The molecular formula is C13H27NO. The van der Waals surface area contributed by atoms with Gasteiger partial charge in [-0.2, -0.15) is 0 Å². The Morgan fingerprint density at radius 1 is 1.33 bits per heavy atom. The van der Waals surface area contributed by atoms with Gasteiger partial charge in [0.25, 0.3) is 0 Å². The topological polar surface area (TPSA) is 21.3 Å². The van der Waals surface area contributed by atoms with Crippen LogP contribution in [0, 0.1) is 5.92 Å². The number of hydrogen-bond acceptors (Lipinski definition) is 2. The summed E-state index contributed by atoms with van der Waals surface area (Å²) in [7, 11) is 0. The van der Waals surface area contributed by atoms with E-state index in [-0.39, 0.29) is 0 Å². The molecule has 0 aromatic carbocycles. The van der Waals surface area contributed by atoms with Crippen LogP contribution < -0.4 is 5.32 Å². The van der Waals surface area contributed by atoms with Crippen LogP contribution in [-0.4, -0.2) is 25.3 Å². The van der Waals surface area contributed by atoms with Gasteiger partial charge in [-0.1, -0.05) is 27.2 Å². The van der Waals surface area contributed by atoms with Gasteiger partial charge in [-0.05, 0) is 38.1 Å². The maximum Gasteiger partial charge on any atom is 0.0615 e. The molecule has 1 rings (SSSR count). The first kappa shape index (κ1) is 13.0. The molecule has 1 aliphatic rings. The van der Waals surface area contributed by atoms with Crippen LogP contribution in [0.3, 0.4) is 0 Å². The van der Waals surface area contributed by atoms with Crippen molar-refractivity contribution in [2.75, 3.05) is 13.2 Å². The van der Waals surface area contributed by atoms with Crippen LogP contribution in [0.25, 0.3) is 0 Å². The van der Waals surface area contributed by atoms with E-state index < -0.39 is 0 Å². The van der Waals surface area contributed by atoms with Crippen LogP contribution in [0.2, 0.25) is 0 Å². The summed E-state index contributed by atoms with van der Waals surface area (Å²) >= 11 is 0. The second-order valence-corrected chi connectivity index (χ2v) is 4.85. The van der Waals surface area contributed by atoms with Gasteiger partial charge >= 0.3 is 0 Å². The van der Waals surface area contributed by atoms with Gasteiger partial charge in [0.05, 0.1) is 6.10 Å². The van der Waals surface area contributed by atoms with Crippen molar-refractivity contribution < 1.29 is 4.74 Å². The normalized spacial score (nSPS) is 29.0. The Morgan fingerprint density at radius 2 is 2.13 bits per heavy atom.